The van der Waals surface area contributed by atoms with E-state index in [2.05, 4.69) is 32.1 Å². The molecule has 4 aromatic rings. The molecule has 2 aromatic heterocycles. The number of nitrogens with zero attached hydrogens (tertiary/aromatic N) is 4. The van der Waals surface area contributed by atoms with Crippen LogP contribution in [0.5, 0.6) is 0 Å². The molecule has 2 aromatic carbocycles. The van der Waals surface area contributed by atoms with E-state index >= 15 is 0 Å². The second-order valence-corrected chi connectivity index (χ2v) is 7.36. The van der Waals surface area contributed by atoms with Gasteiger partial charge < -0.3 is 0 Å². The molecule has 0 aliphatic rings. The third-order valence-electron chi connectivity index (χ3n) is 4.25. The minimum absolute atomic E-state index is 0.0920. The summed E-state index contributed by atoms with van der Waals surface area (Å²) in [5, 5.41) is 4.92. The molecule has 0 N–H and O–H groups in total. The van der Waals surface area contributed by atoms with Crippen molar-refractivity contribution >= 4 is 27.0 Å². The van der Waals surface area contributed by atoms with Crippen LogP contribution in [0.25, 0.3) is 16.7 Å². The van der Waals surface area contributed by atoms with Gasteiger partial charge in [-0.1, -0.05) is 34.1 Å². The Bertz CT molecular complexity index is 1160. The fraction of sp³-hybridized carbons (Fsp3) is 0.150. The monoisotopic (exact) mass is 408 g/mol. The molecule has 0 saturated carbocycles. The standard InChI is InChI=1S/C20H17BrN4O/c1-13-6-14(2)8-17(7-13)25-19-18(10-23-25)20(26)24(12-22-19)11-15-4-3-5-16(21)9-15/h3-10,12H,11H2,1-2H3. The summed E-state index contributed by atoms with van der Waals surface area (Å²) in [6.07, 6.45) is 3.19. The Kier molecular flexibility index (Phi) is 4.20. The first-order valence-corrected chi connectivity index (χ1v) is 9.07. The number of benzene rings is 2. The molecular weight excluding hydrogens is 392 g/mol. The van der Waals surface area contributed by atoms with E-state index in [9.17, 15) is 4.79 Å². The smallest absolute Gasteiger partial charge is 0.264 e. The zero-order valence-corrected chi connectivity index (χ0v) is 16.1. The molecule has 0 saturated heterocycles. The quantitative estimate of drug-likeness (QED) is 0.514. The lowest BCUT2D eigenvalue weighted by atomic mass is 10.1. The predicted octanol–water partition coefficient (Wildman–Crippen LogP) is 4.01. The summed E-state index contributed by atoms with van der Waals surface area (Å²) in [7, 11) is 0. The molecule has 0 radical (unpaired) electrons. The number of hydrogen-bond donors (Lipinski definition) is 0. The van der Waals surface area contributed by atoms with E-state index in [0.29, 0.717) is 17.6 Å². The van der Waals surface area contributed by atoms with Crippen molar-refractivity contribution in [2.45, 2.75) is 20.4 Å². The first kappa shape index (κ1) is 16.7. The molecule has 5 nitrogen and oxygen atoms in total. The van der Waals surface area contributed by atoms with Crippen LogP contribution >= 0.6 is 15.9 Å². The van der Waals surface area contributed by atoms with Crippen LogP contribution in [0, 0.1) is 13.8 Å². The molecule has 0 aliphatic heterocycles. The number of aryl methyl sites for hydroxylation is 2. The van der Waals surface area contributed by atoms with Crippen molar-refractivity contribution in [3.05, 3.63) is 86.5 Å². The van der Waals surface area contributed by atoms with Gasteiger partial charge in [0.1, 0.15) is 11.7 Å². The Balaban J connectivity index is 1.79. The van der Waals surface area contributed by atoms with Crippen molar-refractivity contribution in [2.75, 3.05) is 0 Å². The molecule has 0 fully saturated rings. The number of halogens is 1. The van der Waals surface area contributed by atoms with Crippen molar-refractivity contribution in [2.24, 2.45) is 0 Å². The Hall–Kier alpha value is -2.73. The minimum Gasteiger partial charge on any atom is -0.294 e. The normalized spacial score (nSPS) is 11.2. The summed E-state index contributed by atoms with van der Waals surface area (Å²) in [4.78, 5) is 17.4. The highest BCUT2D eigenvalue weighted by Crippen LogP contribution is 2.17. The van der Waals surface area contributed by atoms with Crippen LogP contribution in [-0.4, -0.2) is 19.3 Å². The molecule has 0 atom stereocenters. The largest absolute Gasteiger partial charge is 0.294 e. The van der Waals surface area contributed by atoms with Gasteiger partial charge >= 0.3 is 0 Å². The lowest BCUT2D eigenvalue weighted by Gasteiger charge is -2.08. The summed E-state index contributed by atoms with van der Waals surface area (Å²) in [5.74, 6) is 0. The predicted molar refractivity (Wildman–Crippen MR) is 106 cm³/mol. The molecule has 0 unspecified atom stereocenters. The fourth-order valence-corrected chi connectivity index (χ4v) is 3.60. The number of rotatable bonds is 3. The van der Waals surface area contributed by atoms with Crippen molar-refractivity contribution in [1.29, 1.82) is 0 Å². The number of aromatic nitrogens is 4. The van der Waals surface area contributed by atoms with Crippen molar-refractivity contribution < 1.29 is 0 Å². The van der Waals surface area contributed by atoms with Gasteiger partial charge in [0.05, 0.1) is 18.4 Å². The average molecular weight is 409 g/mol. The third kappa shape index (κ3) is 3.08. The van der Waals surface area contributed by atoms with E-state index in [1.807, 2.05) is 50.2 Å². The maximum absolute atomic E-state index is 12.9. The van der Waals surface area contributed by atoms with Gasteiger partial charge in [-0.3, -0.25) is 9.36 Å². The summed E-state index contributed by atoms with van der Waals surface area (Å²) in [6, 6.07) is 14.1. The van der Waals surface area contributed by atoms with Crippen LogP contribution in [0.2, 0.25) is 0 Å². The van der Waals surface area contributed by atoms with Crippen LogP contribution in [-0.2, 0) is 6.54 Å². The van der Waals surface area contributed by atoms with Gasteiger partial charge in [-0.2, -0.15) is 5.10 Å². The SMILES string of the molecule is Cc1cc(C)cc(-n2ncc3c(=O)n(Cc4cccc(Br)c4)cnc32)c1. The van der Waals surface area contributed by atoms with Crippen molar-refractivity contribution in [3.8, 4) is 5.69 Å². The highest BCUT2D eigenvalue weighted by molar-refractivity contribution is 9.10. The molecular formula is C20H17BrN4O. The van der Waals surface area contributed by atoms with E-state index in [4.69, 9.17) is 0 Å². The third-order valence-corrected chi connectivity index (χ3v) is 4.74. The van der Waals surface area contributed by atoms with E-state index in [1.54, 1.807) is 21.8 Å². The van der Waals surface area contributed by atoms with Gasteiger partial charge in [0, 0.05) is 4.47 Å². The van der Waals surface area contributed by atoms with Crippen LogP contribution in [0.4, 0.5) is 0 Å². The number of fused-ring (bicyclic) bond motifs is 1. The van der Waals surface area contributed by atoms with Crippen LogP contribution in [0.1, 0.15) is 16.7 Å². The molecule has 130 valence electrons. The highest BCUT2D eigenvalue weighted by Gasteiger charge is 2.12. The molecule has 0 spiro atoms. The highest BCUT2D eigenvalue weighted by atomic mass is 79.9. The maximum atomic E-state index is 12.9. The molecule has 0 bridgehead atoms. The van der Waals surface area contributed by atoms with Crippen molar-refractivity contribution in [1.82, 2.24) is 19.3 Å². The molecule has 0 aliphatic carbocycles. The van der Waals surface area contributed by atoms with E-state index in [1.165, 1.54) is 0 Å². The maximum Gasteiger partial charge on any atom is 0.264 e. The first-order chi connectivity index (χ1) is 12.5. The van der Waals surface area contributed by atoms with Gasteiger partial charge in [-0.05, 0) is 54.8 Å². The zero-order valence-electron chi connectivity index (χ0n) is 14.5. The van der Waals surface area contributed by atoms with E-state index < -0.39 is 0 Å². The van der Waals surface area contributed by atoms with Gasteiger partial charge in [-0.15, -0.1) is 0 Å². The van der Waals surface area contributed by atoms with Gasteiger partial charge in [0.2, 0.25) is 0 Å². The zero-order chi connectivity index (χ0) is 18.3. The Morgan fingerprint density at radius 2 is 1.85 bits per heavy atom. The summed E-state index contributed by atoms with van der Waals surface area (Å²) in [5.41, 5.74) is 4.72. The second kappa shape index (κ2) is 6.53. The number of hydrogen-bond acceptors (Lipinski definition) is 3. The van der Waals surface area contributed by atoms with Gasteiger partial charge in [0.15, 0.2) is 5.65 Å². The molecule has 4 rings (SSSR count). The van der Waals surface area contributed by atoms with Gasteiger partial charge in [0.25, 0.3) is 5.56 Å². The Morgan fingerprint density at radius 3 is 2.58 bits per heavy atom. The van der Waals surface area contributed by atoms with E-state index in [0.717, 1.165) is 26.9 Å². The Morgan fingerprint density at radius 1 is 1.08 bits per heavy atom. The first-order valence-electron chi connectivity index (χ1n) is 8.27. The molecule has 2 heterocycles. The summed E-state index contributed by atoms with van der Waals surface area (Å²) < 4.78 is 4.32. The molecule has 26 heavy (non-hydrogen) atoms. The second-order valence-electron chi connectivity index (χ2n) is 6.45. The lowest BCUT2D eigenvalue weighted by molar-refractivity contribution is 0.745. The van der Waals surface area contributed by atoms with Crippen LogP contribution in [0.3, 0.4) is 0 Å². The van der Waals surface area contributed by atoms with Crippen molar-refractivity contribution in [3.63, 3.8) is 0 Å². The van der Waals surface area contributed by atoms with E-state index in [-0.39, 0.29) is 5.56 Å². The lowest BCUT2D eigenvalue weighted by Crippen LogP contribution is -2.21. The fourth-order valence-electron chi connectivity index (χ4n) is 3.16. The summed E-state index contributed by atoms with van der Waals surface area (Å²) in [6.45, 7) is 4.55. The molecule has 0 amide bonds. The average Bonchev–Trinajstić information content (AvgIpc) is 3.01. The van der Waals surface area contributed by atoms with Gasteiger partial charge in [-0.25, -0.2) is 9.67 Å². The summed E-state index contributed by atoms with van der Waals surface area (Å²) >= 11 is 3.46. The minimum atomic E-state index is -0.0920. The Labute approximate surface area is 159 Å². The van der Waals surface area contributed by atoms with Crippen LogP contribution < -0.4 is 5.56 Å². The molecule has 6 heteroatoms. The van der Waals surface area contributed by atoms with Crippen LogP contribution in [0.15, 0.2) is 64.3 Å². The topological polar surface area (TPSA) is 52.7 Å².